The number of hydrogen-bond donors (Lipinski definition) is 1. The van der Waals surface area contributed by atoms with Crippen LogP contribution in [0, 0.1) is 32.1 Å². The van der Waals surface area contributed by atoms with E-state index in [0.717, 1.165) is 21.1 Å². The Balaban J connectivity index is 2.21. The van der Waals surface area contributed by atoms with E-state index in [1.807, 2.05) is 33.0 Å². The number of thiazole rings is 1. The van der Waals surface area contributed by atoms with Crippen molar-refractivity contribution >= 4 is 17.2 Å². The normalized spacial score (nSPS) is 10.1. The average molecular weight is 258 g/mol. The van der Waals surface area contributed by atoms with Gasteiger partial charge in [-0.25, -0.2) is 9.97 Å². The monoisotopic (exact) mass is 258 g/mol. The van der Waals surface area contributed by atoms with Crippen molar-refractivity contribution in [2.75, 3.05) is 5.32 Å². The van der Waals surface area contributed by atoms with Crippen molar-refractivity contribution in [3.63, 3.8) is 0 Å². The number of nitrogens with one attached hydrogen (secondary N) is 1. The Kier molecular flexibility index (Phi) is 3.58. The summed E-state index contributed by atoms with van der Waals surface area (Å²) in [4.78, 5) is 9.71. The standard InChI is InChI=1S/C13H14N4S/c1-8-4-9(2)17-13(12(8)5-14)16-7-11-6-15-10(3)18-11/h4,6H,7H2,1-3H3,(H,16,17). The van der Waals surface area contributed by atoms with Gasteiger partial charge in [0.1, 0.15) is 11.9 Å². The molecule has 0 bridgehead atoms. The highest BCUT2D eigenvalue weighted by molar-refractivity contribution is 7.11. The molecular formula is C13H14N4S. The molecule has 0 aliphatic carbocycles. The second-order valence-corrected chi connectivity index (χ2v) is 5.43. The van der Waals surface area contributed by atoms with E-state index in [0.29, 0.717) is 17.9 Å². The largest absolute Gasteiger partial charge is 0.364 e. The number of aryl methyl sites for hydroxylation is 3. The predicted octanol–water partition coefficient (Wildman–Crippen LogP) is 2.95. The highest BCUT2D eigenvalue weighted by Crippen LogP contribution is 2.19. The Morgan fingerprint density at radius 2 is 2.17 bits per heavy atom. The first-order valence-electron chi connectivity index (χ1n) is 5.63. The van der Waals surface area contributed by atoms with E-state index in [1.54, 1.807) is 11.3 Å². The molecule has 0 atom stereocenters. The van der Waals surface area contributed by atoms with Crippen LogP contribution < -0.4 is 5.32 Å². The average Bonchev–Trinajstić information content (AvgIpc) is 2.72. The molecule has 0 aliphatic heterocycles. The van der Waals surface area contributed by atoms with Crippen molar-refractivity contribution < 1.29 is 0 Å². The van der Waals surface area contributed by atoms with Crippen molar-refractivity contribution in [3.8, 4) is 6.07 Å². The fourth-order valence-corrected chi connectivity index (χ4v) is 2.50. The van der Waals surface area contributed by atoms with Crippen LogP contribution in [0.15, 0.2) is 12.3 Å². The Bertz CT molecular complexity index is 610. The maximum atomic E-state index is 9.15. The second-order valence-electron chi connectivity index (χ2n) is 4.12. The van der Waals surface area contributed by atoms with Crippen LogP contribution in [0.5, 0.6) is 0 Å². The molecule has 0 saturated carbocycles. The maximum Gasteiger partial charge on any atom is 0.144 e. The van der Waals surface area contributed by atoms with E-state index in [9.17, 15) is 0 Å². The molecule has 18 heavy (non-hydrogen) atoms. The van der Waals surface area contributed by atoms with Gasteiger partial charge in [-0.05, 0) is 32.4 Å². The first-order valence-corrected chi connectivity index (χ1v) is 6.45. The van der Waals surface area contributed by atoms with Gasteiger partial charge < -0.3 is 5.32 Å². The lowest BCUT2D eigenvalue weighted by atomic mass is 10.1. The molecule has 0 saturated heterocycles. The van der Waals surface area contributed by atoms with Crippen molar-refractivity contribution in [2.24, 2.45) is 0 Å². The lowest BCUT2D eigenvalue weighted by Crippen LogP contribution is -2.04. The van der Waals surface area contributed by atoms with Gasteiger partial charge >= 0.3 is 0 Å². The van der Waals surface area contributed by atoms with Crippen LogP contribution in [-0.4, -0.2) is 9.97 Å². The third-order valence-electron chi connectivity index (χ3n) is 2.56. The summed E-state index contributed by atoms with van der Waals surface area (Å²) < 4.78 is 0. The molecule has 0 fully saturated rings. The summed E-state index contributed by atoms with van der Waals surface area (Å²) in [5.74, 6) is 0.654. The van der Waals surface area contributed by atoms with Crippen LogP contribution in [0.4, 0.5) is 5.82 Å². The number of pyridine rings is 1. The van der Waals surface area contributed by atoms with Gasteiger partial charge in [-0.3, -0.25) is 0 Å². The van der Waals surface area contributed by atoms with Crippen LogP contribution in [-0.2, 0) is 6.54 Å². The SMILES string of the molecule is Cc1cc(C)c(C#N)c(NCc2cnc(C)s2)n1. The Morgan fingerprint density at radius 3 is 2.78 bits per heavy atom. The zero-order valence-electron chi connectivity index (χ0n) is 10.6. The number of hydrogen-bond acceptors (Lipinski definition) is 5. The van der Waals surface area contributed by atoms with E-state index in [2.05, 4.69) is 21.4 Å². The number of rotatable bonds is 3. The molecule has 1 N–H and O–H groups in total. The number of aromatic nitrogens is 2. The minimum Gasteiger partial charge on any atom is -0.364 e. The molecule has 0 aromatic carbocycles. The Morgan fingerprint density at radius 1 is 1.39 bits per heavy atom. The van der Waals surface area contributed by atoms with E-state index >= 15 is 0 Å². The van der Waals surface area contributed by atoms with Crippen LogP contribution in [0.25, 0.3) is 0 Å². The van der Waals surface area contributed by atoms with Gasteiger partial charge in [0.2, 0.25) is 0 Å². The summed E-state index contributed by atoms with van der Waals surface area (Å²) in [7, 11) is 0. The summed E-state index contributed by atoms with van der Waals surface area (Å²) in [6, 6.07) is 4.11. The van der Waals surface area contributed by atoms with Crippen LogP contribution in [0.2, 0.25) is 0 Å². The third kappa shape index (κ3) is 2.66. The first-order chi connectivity index (χ1) is 8.60. The zero-order valence-corrected chi connectivity index (χ0v) is 11.4. The molecule has 92 valence electrons. The van der Waals surface area contributed by atoms with E-state index in [1.165, 1.54) is 0 Å². The Labute approximate surface area is 110 Å². The van der Waals surface area contributed by atoms with Crippen molar-refractivity contribution in [3.05, 3.63) is 39.0 Å². The molecule has 2 heterocycles. The zero-order chi connectivity index (χ0) is 13.1. The van der Waals surface area contributed by atoms with E-state index in [4.69, 9.17) is 5.26 Å². The molecular weight excluding hydrogens is 244 g/mol. The summed E-state index contributed by atoms with van der Waals surface area (Å²) in [5.41, 5.74) is 2.48. The fourth-order valence-electron chi connectivity index (χ4n) is 1.76. The summed E-state index contributed by atoms with van der Waals surface area (Å²) in [6.45, 7) is 6.48. The van der Waals surface area contributed by atoms with Gasteiger partial charge in [0.05, 0.1) is 17.1 Å². The number of nitrogens with zero attached hydrogens (tertiary/aromatic N) is 3. The summed E-state index contributed by atoms with van der Waals surface area (Å²) in [6.07, 6.45) is 1.85. The third-order valence-corrected chi connectivity index (χ3v) is 3.47. The maximum absolute atomic E-state index is 9.15. The molecule has 0 aliphatic rings. The Hall–Kier alpha value is -1.93. The van der Waals surface area contributed by atoms with E-state index < -0.39 is 0 Å². The van der Waals surface area contributed by atoms with Gasteiger partial charge in [-0.2, -0.15) is 5.26 Å². The van der Waals surface area contributed by atoms with Crippen LogP contribution >= 0.6 is 11.3 Å². The van der Waals surface area contributed by atoms with Gasteiger partial charge in [0.15, 0.2) is 0 Å². The van der Waals surface area contributed by atoms with Gasteiger partial charge in [-0.15, -0.1) is 11.3 Å². The molecule has 2 rings (SSSR count). The second kappa shape index (κ2) is 5.15. The summed E-state index contributed by atoms with van der Waals surface area (Å²) in [5, 5.41) is 13.4. The van der Waals surface area contributed by atoms with Gasteiger partial charge in [0, 0.05) is 16.8 Å². The van der Waals surface area contributed by atoms with Crippen LogP contribution in [0.1, 0.15) is 26.7 Å². The lowest BCUT2D eigenvalue weighted by molar-refractivity contribution is 1.08. The molecule has 2 aromatic heterocycles. The molecule has 2 aromatic rings. The minimum absolute atomic E-state index is 0.613. The lowest BCUT2D eigenvalue weighted by Gasteiger charge is -2.09. The molecule has 0 unspecified atom stereocenters. The number of anilines is 1. The van der Waals surface area contributed by atoms with E-state index in [-0.39, 0.29) is 0 Å². The molecule has 5 heteroatoms. The van der Waals surface area contributed by atoms with Gasteiger partial charge in [0.25, 0.3) is 0 Å². The highest BCUT2D eigenvalue weighted by atomic mass is 32.1. The number of nitriles is 1. The topological polar surface area (TPSA) is 61.6 Å². The quantitative estimate of drug-likeness (QED) is 0.919. The van der Waals surface area contributed by atoms with Crippen LogP contribution in [0.3, 0.4) is 0 Å². The highest BCUT2D eigenvalue weighted by Gasteiger charge is 2.08. The molecule has 0 spiro atoms. The molecule has 4 nitrogen and oxygen atoms in total. The van der Waals surface area contributed by atoms with Crippen molar-refractivity contribution in [1.82, 2.24) is 9.97 Å². The summed E-state index contributed by atoms with van der Waals surface area (Å²) >= 11 is 1.64. The van der Waals surface area contributed by atoms with Gasteiger partial charge in [-0.1, -0.05) is 0 Å². The first kappa shape index (κ1) is 12.5. The van der Waals surface area contributed by atoms with Crippen molar-refractivity contribution in [2.45, 2.75) is 27.3 Å². The fraction of sp³-hybridized carbons (Fsp3) is 0.308. The molecule has 0 amide bonds. The van der Waals surface area contributed by atoms with Crippen molar-refractivity contribution in [1.29, 1.82) is 5.26 Å². The smallest absolute Gasteiger partial charge is 0.144 e. The minimum atomic E-state index is 0.613. The predicted molar refractivity (Wildman–Crippen MR) is 72.6 cm³/mol. The molecule has 0 radical (unpaired) electrons.